The van der Waals surface area contributed by atoms with Gasteiger partial charge in [-0.15, -0.1) is 0 Å². The quantitative estimate of drug-likeness (QED) is 0.817. The van der Waals surface area contributed by atoms with Crippen molar-refractivity contribution in [2.75, 3.05) is 13.6 Å². The van der Waals surface area contributed by atoms with Crippen LogP contribution < -0.4 is 5.32 Å². The molecule has 0 aliphatic rings. The lowest BCUT2D eigenvalue weighted by Crippen LogP contribution is -2.44. The fourth-order valence-electron chi connectivity index (χ4n) is 1.82. The summed E-state index contributed by atoms with van der Waals surface area (Å²) in [5.74, 6) is -2.62. The number of Topliss-reactive ketones (excluding diaryl/α,β-unsaturated/α-hetero) is 1. The van der Waals surface area contributed by atoms with Gasteiger partial charge in [0.05, 0.1) is 12.6 Å². The fraction of sp³-hybridized carbons (Fsp3) is 0.467. The van der Waals surface area contributed by atoms with E-state index in [1.807, 2.05) is 13.8 Å². The van der Waals surface area contributed by atoms with Gasteiger partial charge in [0.1, 0.15) is 0 Å². The standard InChI is InChI=1S/C15H20F2N2O2/c1-9(2)18-14(20)8-19(4)10(3)15(21)11-5-6-12(16)13(17)7-11/h5-7,9-10H,8H2,1-4H3,(H,18,20). The maximum absolute atomic E-state index is 13.2. The molecule has 0 radical (unpaired) electrons. The molecule has 1 aromatic carbocycles. The van der Waals surface area contributed by atoms with Gasteiger partial charge in [-0.3, -0.25) is 14.5 Å². The van der Waals surface area contributed by atoms with Gasteiger partial charge in [0, 0.05) is 11.6 Å². The first-order valence-corrected chi connectivity index (χ1v) is 6.71. The number of benzene rings is 1. The number of hydrogen-bond acceptors (Lipinski definition) is 3. The molecule has 1 atom stereocenters. The summed E-state index contributed by atoms with van der Waals surface area (Å²) in [5, 5.41) is 2.72. The van der Waals surface area contributed by atoms with Gasteiger partial charge >= 0.3 is 0 Å². The van der Waals surface area contributed by atoms with Crippen LogP contribution in [0.15, 0.2) is 18.2 Å². The Balaban J connectivity index is 2.72. The minimum absolute atomic E-state index is 0.0168. The molecule has 116 valence electrons. The second kappa shape index (κ2) is 7.26. The van der Waals surface area contributed by atoms with Crippen LogP contribution in [0.3, 0.4) is 0 Å². The zero-order valence-electron chi connectivity index (χ0n) is 12.6. The molecular formula is C15H20F2N2O2. The first-order valence-electron chi connectivity index (χ1n) is 6.71. The van der Waals surface area contributed by atoms with E-state index in [0.29, 0.717) is 0 Å². The highest BCUT2D eigenvalue weighted by Crippen LogP contribution is 2.12. The second-order valence-corrected chi connectivity index (χ2v) is 5.31. The number of ketones is 1. The molecule has 4 nitrogen and oxygen atoms in total. The van der Waals surface area contributed by atoms with Crippen LogP contribution in [0, 0.1) is 11.6 Å². The van der Waals surface area contributed by atoms with Gasteiger partial charge in [0.15, 0.2) is 17.4 Å². The lowest BCUT2D eigenvalue weighted by molar-refractivity contribution is -0.122. The van der Waals surface area contributed by atoms with E-state index < -0.39 is 17.7 Å². The van der Waals surface area contributed by atoms with Crippen molar-refractivity contribution in [2.24, 2.45) is 0 Å². The average molecular weight is 298 g/mol. The van der Waals surface area contributed by atoms with Gasteiger partial charge in [-0.25, -0.2) is 8.78 Å². The smallest absolute Gasteiger partial charge is 0.234 e. The molecule has 0 heterocycles. The van der Waals surface area contributed by atoms with Gasteiger partial charge in [-0.05, 0) is 46.0 Å². The monoisotopic (exact) mass is 298 g/mol. The lowest BCUT2D eigenvalue weighted by atomic mass is 10.0. The Hall–Kier alpha value is -1.82. The SMILES string of the molecule is CC(C)NC(=O)CN(C)C(C)C(=O)c1ccc(F)c(F)c1. The molecule has 0 saturated heterocycles. The number of carbonyl (C=O) groups is 2. The summed E-state index contributed by atoms with van der Waals surface area (Å²) in [7, 11) is 1.63. The van der Waals surface area contributed by atoms with E-state index in [9.17, 15) is 18.4 Å². The zero-order chi connectivity index (χ0) is 16.2. The Morgan fingerprint density at radius 1 is 1.19 bits per heavy atom. The first kappa shape index (κ1) is 17.2. The summed E-state index contributed by atoms with van der Waals surface area (Å²) < 4.78 is 26.0. The highest BCUT2D eigenvalue weighted by atomic mass is 19.2. The molecule has 1 N–H and O–H groups in total. The van der Waals surface area contributed by atoms with Crippen molar-refractivity contribution in [2.45, 2.75) is 32.9 Å². The summed E-state index contributed by atoms with van der Waals surface area (Å²) in [6.45, 7) is 5.35. The third-order valence-corrected chi connectivity index (χ3v) is 3.09. The van der Waals surface area contributed by atoms with Crippen LogP contribution in [0.25, 0.3) is 0 Å². The zero-order valence-corrected chi connectivity index (χ0v) is 12.6. The lowest BCUT2D eigenvalue weighted by Gasteiger charge is -2.23. The number of halogens is 2. The summed E-state index contributed by atoms with van der Waals surface area (Å²) in [5.41, 5.74) is 0.0810. The van der Waals surface area contributed by atoms with Crippen LogP contribution in [0.4, 0.5) is 8.78 Å². The number of carbonyl (C=O) groups excluding carboxylic acids is 2. The minimum Gasteiger partial charge on any atom is -0.353 e. The van der Waals surface area contributed by atoms with Crippen molar-refractivity contribution in [3.05, 3.63) is 35.4 Å². The highest BCUT2D eigenvalue weighted by Gasteiger charge is 2.22. The molecular weight excluding hydrogens is 278 g/mol. The Bertz CT molecular complexity index is 532. The normalized spacial score (nSPS) is 12.6. The van der Waals surface area contributed by atoms with E-state index in [1.165, 1.54) is 6.07 Å². The summed E-state index contributed by atoms with van der Waals surface area (Å²) >= 11 is 0. The molecule has 21 heavy (non-hydrogen) atoms. The van der Waals surface area contributed by atoms with Crippen molar-refractivity contribution >= 4 is 11.7 Å². The van der Waals surface area contributed by atoms with E-state index in [4.69, 9.17) is 0 Å². The highest BCUT2D eigenvalue weighted by molar-refractivity contribution is 6.00. The van der Waals surface area contributed by atoms with E-state index >= 15 is 0 Å². The molecule has 0 aliphatic heterocycles. The maximum Gasteiger partial charge on any atom is 0.234 e. The van der Waals surface area contributed by atoms with Gasteiger partial charge in [0.2, 0.25) is 5.91 Å². The van der Waals surface area contributed by atoms with Crippen LogP contribution in [-0.2, 0) is 4.79 Å². The minimum atomic E-state index is -1.06. The van der Waals surface area contributed by atoms with Crippen molar-refractivity contribution in [1.82, 2.24) is 10.2 Å². The molecule has 1 unspecified atom stereocenters. The molecule has 0 aromatic heterocycles. The van der Waals surface area contributed by atoms with Crippen molar-refractivity contribution in [3.63, 3.8) is 0 Å². The van der Waals surface area contributed by atoms with E-state index in [-0.39, 0.29) is 29.8 Å². The average Bonchev–Trinajstić information content (AvgIpc) is 2.39. The van der Waals surface area contributed by atoms with Crippen molar-refractivity contribution < 1.29 is 18.4 Å². The van der Waals surface area contributed by atoms with Crippen LogP contribution in [0.5, 0.6) is 0 Å². The molecule has 1 amide bonds. The molecule has 0 bridgehead atoms. The Labute approximate surface area is 123 Å². The number of rotatable bonds is 6. The van der Waals surface area contributed by atoms with Gasteiger partial charge < -0.3 is 5.32 Å². The predicted molar refractivity (Wildman–Crippen MR) is 76.1 cm³/mol. The van der Waals surface area contributed by atoms with E-state index in [0.717, 1.165) is 12.1 Å². The van der Waals surface area contributed by atoms with Gasteiger partial charge in [-0.2, -0.15) is 0 Å². The number of amides is 1. The number of likely N-dealkylation sites (N-methyl/N-ethyl adjacent to an activating group) is 1. The third-order valence-electron chi connectivity index (χ3n) is 3.09. The first-order chi connectivity index (χ1) is 9.72. The van der Waals surface area contributed by atoms with Crippen LogP contribution in [-0.4, -0.2) is 42.3 Å². The molecule has 0 fully saturated rings. The fourth-order valence-corrected chi connectivity index (χ4v) is 1.82. The summed E-state index contributed by atoms with van der Waals surface area (Å²) in [6, 6.07) is 2.42. The molecule has 0 spiro atoms. The molecule has 0 aliphatic carbocycles. The van der Waals surface area contributed by atoms with Gasteiger partial charge in [0.25, 0.3) is 0 Å². The Morgan fingerprint density at radius 2 is 1.81 bits per heavy atom. The Kier molecular flexibility index (Phi) is 5.96. The topological polar surface area (TPSA) is 49.4 Å². The van der Waals surface area contributed by atoms with Gasteiger partial charge in [-0.1, -0.05) is 0 Å². The number of nitrogens with zero attached hydrogens (tertiary/aromatic N) is 1. The maximum atomic E-state index is 13.2. The third kappa shape index (κ3) is 4.90. The molecule has 1 aromatic rings. The summed E-state index contributed by atoms with van der Waals surface area (Å²) in [6.07, 6.45) is 0. The Morgan fingerprint density at radius 3 is 2.33 bits per heavy atom. The van der Waals surface area contributed by atoms with Crippen LogP contribution in [0.1, 0.15) is 31.1 Å². The number of nitrogens with one attached hydrogen (secondary N) is 1. The molecule has 1 rings (SSSR count). The second-order valence-electron chi connectivity index (χ2n) is 5.31. The van der Waals surface area contributed by atoms with E-state index in [1.54, 1.807) is 18.9 Å². The van der Waals surface area contributed by atoms with Crippen LogP contribution >= 0.6 is 0 Å². The van der Waals surface area contributed by atoms with E-state index in [2.05, 4.69) is 5.32 Å². The molecule has 0 saturated carbocycles. The van der Waals surface area contributed by atoms with Crippen molar-refractivity contribution in [1.29, 1.82) is 0 Å². The number of hydrogen-bond donors (Lipinski definition) is 1. The largest absolute Gasteiger partial charge is 0.353 e. The molecule has 6 heteroatoms. The van der Waals surface area contributed by atoms with Crippen molar-refractivity contribution in [3.8, 4) is 0 Å². The van der Waals surface area contributed by atoms with Crippen LogP contribution in [0.2, 0.25) is 0 Å². The predicted octanol–water partition coefficient (Wildman–Crippen LogP) is 1.99. The summed E-state index contributed by atoms with van der Waals surface area (Å²) in [4.78, 5) is 25.4.